The maximum absolute atomic E-state index is 11.8. The van der Waals surface area contributed by atoms with E-state index >= 15 is 0 Å². The lowest BCUT2D eigenvalue weighted by atomic mass is 9.89. The van der Waals surface area contributed by atoms with Crippen molar-refractivity contribution in [1.82, 2.24) is 0 Å². The molecule has 1 aliphatic heterocycles. The Hall–Kier alpha value is -1.75. The smallest absolute Gasteiger partial charge is 0.338 e. The van der Waals surface area contributed by atoms with Crippen molar-refractivity contribution in [3.05, 3.63) is 23.3 Å². The normalized spacial score (nSPS) is 21.5. The van der Waals surface area contributed by atoms with Gasteiger partial charge in [0.05, 0.1) is 27.9 Å². The molecule has 0 amide bonds. The van der Waals surface area contributed by atoms with Gasteiger partial charge < -0.3 is 18.9 Å². The number of esters is 1. The summed E-state index contributed by atoms with van der Waals surface area (Å²) in [6.07, 6.45) is 0.398. The minimum absolute atomic E-state index is 0.293. The van der Waals surface area contributed by atoms with Crippen LogP contribution in [0.4, 0.5) is 0 Å². The fourth-order valence-corrected chi connectivity index (χ4v) is 2.35. The Kier molecular flexibility index (Phi) is 3.66. The molecular weight excluding hydrogens is 248 g/mol. The Balaban J connectivity index is 2.46. The first-order valence-electron chi connectivity index (χ1n) is 6.01. The Labute approximate surface area is 112 Å². The van der Waals surface area contributed by atoms with Gasteiger partial charge in [0, 0.05) is 17.5 Å². The van der Waals surface area contributed by atoms with Crippen LogP contribution in [0.25, 0.3) is 0 Å². The quantitative estimate of drug-likeness (QED) is 0.779. The standard InChI is InChI=1S/C14H18O5/c1-14(13(15)18-4)7-9-10(8-19-14)12(17-3)6-5-11(9)16-2/h5-6H,7-8H2,1-4H3. The van der Waals surface area contributed by atoms with Crippen LogP contribution in [0.5, 0.6) is 11.5 Å². The first kappa shape index (κ1) is 13.7. The van der Waals surface area contributed by atoms with Crippen LogP contribution in [0.3, 0.4) is 0 Å². The number of fused-ring (bicyclic) bond motifs is 1. The lowest BCUT2D eigenvalue weighted by Crippen LogP contribution is -2.44. The van der Waals surface area contributed by atoms with Crippen molar-refractivity contribution in [3.63, 3.8) is 0 Å². The zero-order valence-corrected chi connectivity index (χ0v) is 11.6. The maximum atomic E-state index is 11.8. The molecule has 0 saturated heterocycles. The van der Waals surface area contributed by atoms with Crippen LogP contribution in [0.1, 0.15) is 18.1 Å². The topological polar surface area (TPSA) is 54.0 Å². The molecule has 0 saturated carbocycles. The minimum atomic E-state index is -0.985. The van der Waals surface area contributed by atoms with E-state index in [1.54, 1.807) is 21.1 Å². The molecule has 0 spiro atoms. The molecule has 0 radical (unpaired) electrons. The Morgan fingerprint density at radius 3 is 2.26 bits per heavy atom. The molecule has 5 heteroatoms. The fourth-order valence-electron chi connectivity index (χ4n) is 2.35. The van der Waals surface area contributed by atoms with Crippen LogP contribution in [0.15, 0.2) is 12.1 Å². The average Bonchev–Trinajstić information content (AvgIpc) is 2.44. The molecule has 5 nitrogen and oxygen atoms in total. The van der Waals surface area contributed by atoms with Crippen LogP contribution < -0.4 is 9.47 Å². The minimum Gasteiger partial charge on any atom is -0.496 e. The van der Waals surface area contributed by atoms with Crippen LogP contribution in [0, 0.1) is 0 Å². The molecule has 0 fully saturated rings. The van der Waals surface area contributed by atoms with Gasteiger partial charge >= 0.3 is 5.97 Å². The van der Waals surface area contributed by atoms with Crippen LogP contribution in [-0.4, -0.2) is 32.9 Å². The molecule has 0 aromatic heterocycles. The maximum Gasteiger partial charge on any atom is 0.338 e. The molecule has 0 N–H and O–H groups in total. The summed E-state index contributed by atoms with van der Waals surface area (Å²) in [5.74, 6) is 1.08. The zero-order valence-electron chi connectivity index (χ0n) is 11.6. The highest BCUT2D eigenvalue weighted by Gasteiger charge is 2.41. The summed E-state index contributed by atoms with van der Waals surface area (Å²) >= 11 is 0. The van der Waals surface area contributed by atoms with E-state index in [1.807, 2.05) is 12.1 Å². The van der Waals surface area contributed by atoms with Gasteiger partial charge in [-0.2, -0.15) is 0 Å². The second-order valence-electron chi connectivity index (χ2n) is 4.62. The van der Waals surface area contributed by atoms with Crippen molar-refractivity contribution in [3.8, 4) is 11.5 Å². The first-order valence-corrected chi connectivity index (χ1v) is 6.01. The Morgan fingerprint density at radius 2 is 1.74 bits per heavy atom. The monoisotopic (exact) mass is 266 g/mol. The summed E-state index contributed by atoms with van der Waals surface area (Å²) in [5.41, 5.74) is 0.866. The van der Waals surface area contributed by atoms with E-state index in [1.165, 1.54) is 7.11 Å². The molecule has 0 bridgehead atoms. The van der Waals surface area contributed by atoms with Gasteiger partial charge in [0.1, 0.15) is 11.5 Å². The van der Waals surface area contributed by atoms with Gasteiger partial charge in [-0.15, -0.1) is 0 Å². The lowest BCUT2D eigenvalue weighted by Gasteiger charge is -2.33. The van der Waals surface area contributed by atoms with Gasteiger partial charge in [-0.25, -0.2) is 4.79 Å². The van der Waals surface area contributed by atoms with Gasteiger partial charge in [0.25, 0.3) is 0 Å². The van der Waals surface area contributed by atoms with Crippen molar-refractivity contribution in [1.29, 1.82) is 0 Å². The molecule has 1 atom stereocenters. The highest BCUT2D eigenvalue weighted by Crippen LogP contribution is 2.39. The number of hydrogen-bond donors (Lipinski definition) is 0. The molecule has 1 unspecified atom stereocenters. The summed E-state index contributed by atoms with van der Waals surface area (Å²) in [6.45, 7) is 2.02. The zero-order chi connectivity index (χ0) is 14.0. The van der Waals surface area contributed by atoms with Crippen molar-refractivity contribution < 1.29 is 23.7 Å². The summed E-state index contributed by atoms with van der Waals surface area (Å²) in [5, 5.41) is 0. The summed E-state index contributed by atoms with van der Waals surface area (Å²) < 4.78 is 21.1. The van der Waals surface area contributed by atoms with E-state index in [0.29, 0.717) is 13.0 Å². The Morgan fingerprint density at radius 1 is 1.16 bits per heavy atom. The number of methoxy groups -OCH3 is 3. The van der Waals surface area contributed by atoms with Gasteiger partial charge in [-0.05, 0) is 19.1 Å². The third-order valence-electron chi connectivity index (χ3n) is 3.45. The molecule has 2 rings (SSSR count). The summed E-state index contributed by atoms with van der Waals surface area (Å²) in [4.78, 5) is 11.8. The van der Waals surface area contributed by atoms with Crippen molar-refractivity contribution >= 4 is 5.97 Å². The van der Waals surface area contributed by atoms with E-state index in [9.17, 15) is 4.79 Å². The van der Waals surface area contributed by atoms with Crippen molar-refractivity contribution in [2.75, 3.05) is 21.3 Å². The molecular formula is C14H18O5. The van der Waals surface area contributed by atoms with Gasteiger partial charge in [-0.1, -0.05) is 0 Å². The predicted molar refractivity (Wildman–Crippen MR) is 68.5 cm³/mol. The average molecular weight is 266 g/mol. The van der Waals surface area contributed by atoms with Crippen LogP contribution >= 0.6 is 0 Å². The number of rotatable bonds is 3. The molecule has 0 aliphatic carbocycles. The van der Waals surface area contributed by atoms with E-state index < -0.39 is 5.60 Å². The SMILES string of the molecule is COC(=O)C1(C)Cc2c(OC)ccc(OC)c2CO1. The molecule has 1 aromatic carbocycles. The number of benzene rings is 1. The second-order valence-corrected chi connectivity index (χ2v) is 4.62. The highest BCUT2D eigenvalue weighted by molar-refractivity contribution is 5.80. The molecule has 1 heterocycles. The molecule has 104 valence electrons. The summed E-state index contributed by atoms with van der Waals surface area (Å²) in [7, 11) is 4.57. The van der Waals surface area contributed by atoms with E-state index in [-0.39, 0.29) is 5.97 Å². The predicted octanol–water partition coefficient (Wildman–Crippen LogP) is 1.71. The summed E-state index contributed by atoms with van der Waals surface area (Å²) in [6, 6.07) is 3.67. The van der Waals surface area contributed by atoms with Crippen LogP contribution in [0.2, 0.25) is 0 Å². The largest absolute Gasteiger partial charge is 0.496 e. The van der Waals surface area contributed by atoms with Crippen molar-refractivity contribution in [2.45, 2.75) is 25.6 Å². The Bertz CT molecular complexity index is 497. The highest BCUT2D eigenvalue weighted by atomic mass is 16.6. The first-order chi connectivity index (χ1) is 9.05. The molecule has 19 heavy (non-hydrogen) atoms. The molecule has 1 aromatic rings. The lowest BCUT2D eigenvalue weighted by molar-refractivity contribution is -0.170. The fraction of sp³-hybridized carbons (Fsp3) is 0.500. The van der Waals surface area contributed by atoms with Gasteiger partial charge in [0.15, 0.2) is 5.60 Å². The second kappa shape index (κ2) is 5.09. The van der Waals surface area contributed by atoms with E-state index in [2.05, 4.69) is 0 Å². The number of ether oxygens (including phenoxy) is 4. The van der Waals surface area contributed by atoms with E-state index in [4.69, 9.17) is 18.9 Å². The third-order valence-corrected chi connectivity index (χ3v) is 3.45. The number of carbonyl (C=O) groups is 1. The van der Waals surface area contributed by atoms with Crippen molar-refractivity contribution in [2.24, 2.45) is 0 Å². The third kappa shape index (κ3) is 2.26. The number of hydrogen-bond acceptors (Lipinski definition) is 5. The van der Waals surface area contributed by atoms with Crippen LogP contribution in [-0.2, 0) is 27.3 Å². The van der Waals surface area contributed by atoms with Gasteiger partial charge in [-0.3, -0.25) is 0 Å². The molecule has 1 aliphatic rings. The number of carbonyl (C=O) groups excluding carboxylic acids is 1. The van der Waals surface area contributed by atoms with E-state index in [0.717, 1.165) is 22.6 Å². The van der Waals surface area contributed by atoms with Gasteiger partial charge in [0.2, 0.25) is 0 Å².